The van der Waals surface area contributed by atoms with E-state index >= 15 is 0 Å². The molecule has 1 heterocycles. The third kappa shape index (κ3) is 5.90. The first-order valence-corrected chi connectivity index (χ1v) is 11.0. The first kappa shape index (κ1) is 21.5. The van der Waals surface area contributed by atoms with Gasteiger partial charge in [-0.2, -0.15) is 11.8 Å². The lowest BCUT2D eigenvalue weighted by molar-refractivity contribution is -0.118. The van der Waals surface area contributed by atoms with E-state index in [1.807, 2.05) is 55.6 Å². The summed E-state index contributed by atoms with van der Waals surface area (Å²) < 4.78 is 0. The van der Waals surface area contributed by atoms with Crippen LogP contribution in [0.3, 0.4) is 0 Å². The first-order chi connectivity index (χ1) is 14.6. The Labute approximate surface area is 180 Å². The summed E-state index contributed by atoms with van der Waals surface area (Å²) in [5, 5.41) is 5.66. The molecule has 3 aromatic rings. The van der Waals surface area contributed by atoms with E-state index in [9.17, 15) is 9.59 Å². The summed E-state index contributed by atoms with van der Waals surface area (Å²) in [5.74, 6) is 0.771. The van der Waals surface area contributed by atoms with Gasteiger partial charge in [0.1, 0.15) is 6.04 Å². The number of rotatable bonds is 8. The van der Waals surface area contributed by atoms with Gasteiger partial charge < -0.3 is 10.6 Å². The van der Waals surface area contributed by atoms with Crippen LogP contribution in [-0.4, -0.2) is 39.8 Å². The molecule has 3 rings (SSSR count). The van der Waals surface area contributed by atoms with E-state index in [4.69, 9.17) is 0 Å². The molecule has 1 unspecified atom stereocenters. The maximum absolute atomic E-state index is 12.8. The van der Waals surface area contributed by atoms with Crippen LogP contribution in [0.15, 0.2) is 67.0 Å². The van der Waals surface area contributed by atoms with Gasteiger partial charge in [-0.3, -0.25) is 9.59 Å². The molecule has 1 aromatic heterocycles. The smallest absolute Gasteiger partial charge is 0.251 e. The Hall–Kier alpha value is -3.19. The fourth-order valence-electron chi connectivity index (χ4n) is 2.89. The highest BCUT2D eigenvalue weighted by Gasteiger charge is 2.21. The average Bonchev–Trinajstić information content (AvgIpc) is 2.77. The predicted molar refractivity (Wildman–Crippen MR) is 122 cm³/mol. The van der Waals surface area contributed by atoms with Gasteiger partial charge in [0, 0.05) is 11.1 Å². The van der Waals surface area contributed by atoms with Crippen molar-refractivity contribution in [2.45, 2.75) is 19.4 Å². The maximum atomic E-state index is 12.8. The number of amides is 2. The zero-order valence-corrected chi connectivity index (χ0v) is 17.8. The number of nitrogens with zero attached hydrogens (tertiary/aromatic N) is 2. The van der Waals surface area contributed by atoms with Gasteiger partial charge in [-0.05, 0) is 37.5 Å². The van der Waals surface area contributed by atoms with Gasteiger partial charge in [-0.1, -0.05) is 48.0 Å². The summed E-state index contributed by atoms with van der Waals surface area (Å²) in [4.78, 5) is 34.1. The summed E-state index contributed by atoms with van der Waals surface area (Å²) in [7, 11) is 0. The number of benzene rings is 2. The third-order valence-corrected chi connectivity index (χ3v) is 5.11. The van der Waals surface area contributed by atoms with Crippen LogP contribution in [-0.2, 0) is 4.79 Å². The fraction of sp³-hybridized carbons (Fsp3) is 0.217. The average molecular weight is 421 g/mol. The van der Waals surface area contributed by atoms with Crippen LogP contribution in [0.2, 0.25) is 0 Å². The molecular formula is C23H24N4O2S. The van der Waals surface area contributed by atoms with E-state index in [1.165, 1.54) is 0 Å². The van der Waals surface area contributed by atoms with Crippen molar-refractivity contribution in [2.75, 3.05) is 17.3 Å². The summed E-state index contributed by atoms with van der Waals surface area (Å²) in [6.07, 6.45) is 5.63. The van der Waals surface area contributed by atoms with E-state index < -0.39 is 6.04 Å². The van der Waals surface area contributed by atoms with Crippen LogP contribution in [0.25, 0.3) is 11.4 Å². The molecule has 0 spiro atoms. The molecule has 0 aliphatic rings. The number of hydrogen-bond acceptors (Lipinski definition) is 5. The number of hydrogen-bond donors (Lipinski definition) is 2. The van der Waals surface area contributed by atoms with Gasteiger partial charge in [-0.15, -0.1) is 0 Å². The molecule has 154 valence electrons. The fourth-order valence-corrected chi connectivity index (χ4v) is 3.36. The maximum Gasteiger partial charge on any atom is 0.251 e. The molecule has 2 N–H and O–H groups in total. The standard InChI is InChI=1S/C23H24N4O2S/c1-16-7-6-10-18(13-16)22(28)27-20(11-12-30-2)23(29)26-19-14-24-21(25-15-19)17-8-4-3-5-9-17/h3-10,13-15,20H,11-12H2,1-2H3,(H,26,29)(H,27,28). The molecule has 0 radical (unpaired) electrons. The van der Waals surface area contributed by atoms with Gasteiger partial charge in [0.25, 0.3) is 5.91 Å². The second-order valence-electron chi connectivity index (χ2n) is 6.83. The summed E-state index contributed by atoms with van der Waals surface area (Å²) >= 11 is 1.62. The van der Waals surface area contributed by atoms with Crippen molar-refractivity contribution in [2.24, 2.45) is 0 Å². The van der Waals surface area contributed by atoms with Crippen molar-refractivity contribution in [1.82, 2.24) is 15.3 Å². The van der Waals surface area contributed by atoms with Crippen molar-refractivity contribution in [1.29, 1.82) is 0 Å². The number of carbonyl (C=O) groups is 2. The van der Waals surface area contributed by atoms with E-state index in [1.54, 1.807) is 36.3 Å². The van der Waals surface area contributed by atoms with Crippen LogP contribution < -0.4 is 10.6 Å². The molecule has 0 aliphatic heterocycles. The van der Waals surface area contributed by atoms with Crippen LogP contribution in [0.1, 0.15) is 22.3 Å². The molecule has 0 saturated heterocycles. The van der Waals surface area contributed by atoms with Gasteiger partial charge >= 0.3 is 0 Å². The number of aromatic nitrogens is 2. The molecule has 2 aromatic carbocycles. The van der Waals surface area contributed by atoms with Crippen molar-refractivity contribution < 1.29 is 9.59 Å². The number of thioether (sulfide) groups is 1. The topological polar surface area (TPSA) is 84.0 Å². The minimum Gasteiger partial charge on any atom is -0.340 e. The second-order valence-corrected chi connectivity index (χ2v) is 7.81. The van der Waals surface area contributed by atoms with Gasteiger partial charge in [0.15, 0.2) is 5.82 Å². The highest BCUT2D eigenvalue weighted by molar-refractivity contribution is 7.98. The molecular weight excluding hydrogens is 396 g/mol. The number of aryl methyl sites for hydroxylation is 1. The molecule has 0 bridgehead atoms. The lowest BCUT2D eigenvalue weighted by atomic mass is 10.1. The number of carbonyl (C=O) groups excluding carboxylic acids is 2. The Kier molecular flexibility index (Phi) is 7.57. The van der Waals surface area contributed by atoms with Gasteiger partial charge in [0.2, 0.25) is 5.91 Å². The number of anilines is 1. The van der Waals surface area contributed by atoms with E-state index in [2.05, 4.69) is 20.6 Å². The highest BCUT2D eigenvalue weighted by Crippen LogP contribution is 2.15. The normalized spacial score (nSPS) is 11.5. The Morgan fingerprint density at radius 2 is 1.77 bits per heavy atom. The van der Waals surface area contributed by atoms with Crippen molar-refractivity contribution in [3.05, 3.63) is 78.1 Å². The van der Waals surface area contributed by atoms with E-state index in [0.29, 0.717) is 23.5 Å². The van der Waals surface area contributed by atoms with Crippen molar-refractivity contribution >= 4 is 29.3 Å². The lowest BCUT2D eigenvalue weighted by Gasteiger charge is -2.18. The molecule has 30 heavy (non-hydrogen) atoms. The quantitative estimate of drug-likeness (QED) is 0.577. The first-order valence-electron chi connectivity index (χ1n) is 9.61. The molecule has 0 fully saturated rings. The van der Waals surface area contributed by atoms with Crippen LogP contribution >= 0.6 is 11.8 Å². The Balaban J connectivity index is 1.68. The Morgan fingerprint density at radius 1 is 1.03 bits per heavy atom. The second kappa shape index (κ2) is 10.5. The Bertz CT molecular complexity index is 994. The van der Waals surface area contributed by atoms with Crippen LogP contribution in [0, 0.1) is 6.92 Å². The minimum absolute atomic E-state index is 0.268. The molecule has 2 amide bonds. The minimum atomic E-state index is -0.653. The monoisotopic (exact) mass is 420 g/mol. The predicted octanol–water partition coefficient (Wildman–Crippen LogP) is 3.94. The molecule has 7 heteroatoms. The molecule has 6 nitrogen and oxygen atoms in total. The summed E-state index contributed by atoms with van der Waals surface area (Å²) in [6.45, 7) is 1.92. The zero-order chi connectivity index (χ0) is 21.3. The lowest BCUT2D eigenvalue weighted by Crippen LogP contribution is -2.44. The molecule has 0 saturated carbocycles. The number of nitrogens with one attached hydrogen (secondary N) is 2. The SMILES string of the molecule is CSCCC(NC(=O)c1cccc(C)c1)C(=O)Nc1cnc(-c2ccccc2)nc1. The molecule has 0 aliphatic carbocycles. The van der Waals surface area contributed by atoms with Gasteiger partial charge in [-0.25, -0.2) is 9.97 Å². The van der Waals surface area contributed by atoms with E-state index in [0.717, 1.165) is 16.9 Å². The summed E-state index contributed by atoms with van der Waals surface area (Å²) in [5.41, 5.74) is 2.91. The van der Waals surface area contributed by atoms with Gasteiger partial charge in [0.05, 0.1) is 18.1 Å². The third-order valence-electron chi connectivity index (χ3n) is 4.46. The van der Waals surface area contributed by atoms with Crippen LogP contribution in [0.5, 0.6) is 0 Å². The van der Waals surface area contributed by atoms with Crippen LogP contribution in [0.4, 0.5) is 5.69 Å². The van der Waals surface area contributed by atoms with Crippen molar-refractivity contribution in [3.63, 3.8) is 0 Å². The zero-order valence-electron chi connectivity index (χ0n) is 17.0. The highest BCUT2D eigenvalue weighted by atomic mass is 32.2. The largest absolute Gasteiger partial charge is 0.340 e. The van der Waals surface area contributed by atoms with E-state index in [-0.39, 0.29) is 11.8 Å². The van der Waals surface area contributed by atoms with Crippen molar-refractivity contribution in [3.8, 4) is 11.4 Å². The Morgan fingerprint density at radius 3 is 2.43 bits per heavy atom. The summed E-state index contributed by atoms with van der Waals surface area (Å²) in [6, 6.07) is 16.2. The molecule has 1 atom stereocenters.